The minimum atomic E-state index is -0.0113. The number of anilines is 1. The molecule has 1 fully saturated rings. The van der Waals surface area contributed by atoms with E-state index in [-0.39, 0.29) is 5.91 Å². The molecule has 148 valence electrons. The minimum absolute atomic E-state index is 0.0113. The Kier molecular flexibility index (Phi) is 7.67. The van der Waals surface area contributed by atoms with E-state index in [1.54, 1.807) is 0 Å². The molecule has 5 nitrogen and oxygen atoms in total. The van der Waals surface area contributed by atoms with Crippen molar-refractivity contribution in [2.75, 3.05) is 18.5 Å². The van der Waals surface area contributed by atoms with Crippen LogP contribution in [-0.4, -0.2) is 24.2 Å². The summed E-state index contributed by atoms with van der Waals surface area (Å²) in [6.07, 6.45) is 5.30. The number of carbonyl (C=O) groups excluding carboxylic acids is 1. The lowest BCUT2D eigenvalue weighted by Gasteiger charge is -2.12. The van der Waals surface area contributed by atoms with Gasteiger partial charge >= 0.3 is 0 Å². The van der Waals surface area contributed by atoms with E-state index >= 15 is 0 Å². The molecule has 1 amide bonds. The molecule has 1 saturated carbocycles. The standard InChI is InChI=1S/C22H26N2O3S/c25-21(16-17-6-4-5-7-17)24-22(28)23-18-10-12-20(13-11-18)27-15-14-26-19-8-2-1-3-9-19/h1-3,8-13,17H,4-7,14-16H2,(H2,23,24,25,28). The molecule has 2 N–H and O–H groups in total. The molecule has 0 atom stereocenters. The summed E-state index contributed by atoms with van der Waals surface area (Å²) in [4.78, 5) is 12.0. The zero-order valence-corrected chi connectivity index (χ0v) is 16.7. The molecule has 0 radical (unpaired) electrons. The van der Waals surface area contributed by atoms with Gasteiger partial charge < -0.3 is 20.1 Å². The Bertz CT molecular complexity index is 759. The summed E-state index contributed by atoms with van der Waals surface area (Å²) in [6.45, 7) is 0.929. The molecular formula is C22H26N2O3S. The summed E-state index contributed by atoms with van der Waals surface area (Å²) >= 11 is 5.23. The van der Waals surface area contributed by atoms with Gasteiger partial charge in [0.25, 0.3) is 0 Å². The molecule has 2 aromatic carbocycles. The molecule has 0 aromatic heterocycles. The fourth-order valence-electron chi connectivity index (χ4n) is 3.29. The van der Waals surface area contributed by atoms with Gasteiger partial charge in [0.2, 0.25) is 5.91 Å². The van der Waals surface area contributed by atoms with Crippen LogP contribution in [0.15, 0.2) is 54.6 Å². The zero-order valence-electron chi connectivity index (χ0n) is 15.9. The fourth-order valence-corrected chi connectivity index (χ4v) is 3.52. The monoisotopic (exact) mass is 398 g/mol. The highest BCUT2D eigenvalue weighted by atomic mass is 32.1. The lowest BCUT2D eigenvalue weighted by Crippen LogP contribution is -2.34. The van der Waals surface area contributed by atoms with E-state index in [9.17, 15) is 4.79 Å². The number of hydrogen-bond acceptors (Lipinski definition) is 4. The van der Waals surface area contributed by atoms with E-state index in [0.717, 1.165) is 30.0 Å². The summed E-state index contributed by atoms with van der Waals surface area (Å²) in [5.74, 6) is 2.07. The van der Waals surface area contributed by atoms with Gasteiger partial charge in [-0.15, -0.1) is 0 Å². The van der Waals surface area contributed by atoms with Gasteiger partial charge in [-0.2, -0.15) is 0 Å². The van der Waals surface area contributed by atoms with Crippen molar-refractivity contribution in [3.8, 4) is 11.5 Å². The van der Waals surface area contributed by atoms with Crippen LogP contribution in [0.2, 0.25) is 0 Å². The van der Waals surface area contributed by atoms with E-state index < -0.39 is 0 Å². The first-order chi connectivity index (χ1) is 13.7. The van der Waals surface area contributed by atoms with Gasteiger partial charge in [-0.3, -0.25) is 4.79 Å². The third-order valence-corrected chi connectivity index (χ3v) is 4.88. The van der Waals surface area contributed by atoms with E-state index in [4.69, 9.17) is 21.7 Å². The van der Waals surface area contributed by atoms with Gasteiger partial charge in [0.05, 0.1) is 0 Å². The second-order valence-electron chi connectivity index (χ2n) is 6.89. The van der Waals surface area contributed by atoms with E-state index in [1.807, 2.05) is 54.6 Å². The summed E-state index contributed by atoms with van der Waals surface area (Å²) in [7, 11) is 0. The molecule has 1 aliphatic rings. The van der Waals surface area contributed by atoms with Gasteiger partial charge in [-0.1, -0.05) is 31.0 Å². The van der Waals surface area contributed by atoms with Gasteiger partial charge in [0, 0.05) is 12.1 Å². The molecule has 3 rings (SSSR count). The first kappa shape index (κ1) is 20.1. The third kappa shape index (κ3) is 6.85. The molecule has 0 unspecified atom stereocenters. The van der Waals surface area contributed by atoms with Crippen LogP contribution in [0.5, 0.6) is 11.5 Å². The topological polar surface area (TPSA) is 59.6 Å². The Morgan fingerprint density at radius 1 is 0.929 bits per heavy atom. The fraction of sp³-hybridized carbons (Fsp3) is 0.364. The predicted octanol–water partition coefficient (Wildman–Crippen LogP) is 4.54. The van der Waals surface area contributed by atoms with Crippen LogP contribution in [0.25, 0.3) is 0 Å². The molecule has 0 heterocycles. The van der Waals surface area contributed by atoms with Crippen molar-refractivity contribution in [1.82, 2.24) is 5.32 Å². The van der Waals surface area contributed by atoms with Crippen LogP contribution in [0.4, 0.5) is 5.69 Å². The quantitative estimate of drug-likeness (QED) is 0.505. The highest BCUT2D eigenvalue weighted by Crippen LogP contribution is 2.27. The SMILES string of the molecule is O=C(CC1CCCC1)NC(=S)Nc1ccc(OCCOc2ccccc2)cc1. The van der Waals surface area contributed by atoms with Gasteiger partial charge in [-0.05, 0) is 67.4 Å². The zero-order chi connectivity index (χ0) is 19.6. The third-order valence-electron chi connectivity index (χ3n) is 4.68. The second-order valence-corrected chi connectivity index (χ2v) is 7.30. The van der Waals surface area contributed by atoms with Gasteiger partial charge in [0.15, 0.2) is 5.11 Å². The van der Waals surface area contributed by atoms with E-state index in [2.05, 4.69) is 10.6 Å². The minimum Gasteiger partial charge on any atom is -0.490 e. The highest BCUT2D eigenvalue weighted by Gasteiger charge is 2.18. The Morgan fingerprint density at radius 2 is 1.54 bits per heavy atom. The normalized spacial score (nSPS) is 13.7. The average Bonchev–Trinajstić information content (AvgIpc) is 3.20. The predicted molar refractivity (Wildman–Crippen MR) is 115 cm³/mol. The summed E-state index contributed by atoms with van der Waals surface area (Å²) < 4.78 is 11.3. The molecule has 0 spiro atoms. The lowest BCUT2D eigenvalue weighted by atomic mass is 10.0. The molecular weight excluding hydrogens is 372 g/mol. The van der Waals surface area contributed by atoms with Crippen LogP contribution in [0, 0.1) is 5.92 Å². The number of thiocarbonyl (C=S) groups is 1. The first-order valence-corrected chi connectivity index (χ1v) is 10.1. The van der Waals surface area contributed by atoms with Gasteiger partial charge in [0.1, 0.15) is 24.7 Å². The van der Waals surface area contributed by atoms with Crippen molar-refractivity contribution in [3.05, 3.63) is 54.6 Å². The molecule has 0 aliphatic heterocycles. The Balaban J connectivity index is 1.35. The largest absolute Gasteiger partial charge is 0.490 e. The molecule has 0 saturated heterocycles. The van der Waals surface area contributed by atoms with Crippen LogP contribution in [0.3, 0.4) is 0 Å². The van der Waals surface area contributed by atoms with Crippen molar-refractivity contribution in [3.63, 3.8) is 0 Å². The Hall–Kier alpha value is -2.60. The Labute approximate surface area is 171 Å². The number of para-hydroxylation sites is 1. The number of carbonyl (C=O) groups is 1. The molecule has 0 bridgehead atoms. The first-order valence-electron chi connectivity index (χ1n) is 9.70. The summed E-state index contributed by atoms with van der Waals surface area (Å²) in [5, 5.41) is 6.12. The maximum Gasteiger partial charge on any atom is 0.226 e. The van der Waals surface area contributed by atoms with Crippen LogP contribution in [-0.2, 0) is 4.79 Å². The maximum absolute atomic E-state index is 12.0. The van der Waals surface area contributed by atoms with Crippen LogP contribution in [0.1, 0.15) is 32.1 Å². The number of benzene rings is 2. The number of nitrogens with one attached hydrogen (secondary N) is 2. The highest BCUT2D eigenvalue weighted by molar-refractivity contribution is 7.80. The average molecular weight is 399 g/mol. The number of hydrogen-bond donors (Lipinski definition) is 2. The molecule has 2 aromatic rings. The number of rotatable bonds is 8. The van der Waals surface area contributed by atoms with Crippen molar-refractivity contribution in [2.45, 2.75) is 32.1 Å². The lowest BCUT2D eigenvalue weighted by molar-refractivity contribution is -0.120. The van der Waals surface area contributed by atoms with Crippen molar-refractivity contribution < 1.29 is 14.3 Å². The van der Waals surface area contributed by atoms with Crippen LogP contribution >= 0.6 is 12.2 Å². The van der Waals surface area contributed by atoms with Crippen LogP contribution < -0.4 is 20.1 Å². The Morgan fingerprint density at radius 3 is 2.18 bits per heavy atom. The molecule has 1 aliphatic carbocycles. The van der Waals surface area contributed by atoms with Crippen molar-refractivity contribution >= 4 is 28.9 Å². The second kappa shape index (κ2) is 10.7. The van der Waals surface area contributed by atoms with Crippen molar-refractivity contribution in [1.29, 1.82) is 0 Å². The van der Waals surface area contributed by atoms with E-state index in [0.29, 0.717) is 30.7 Å². The number of ether oxygens (including phenoxy) is 2. The maximum atomic E-state index is 12.0. The smallest absolute Gasteiger partial charge is 0.226 e. The summed E-state index contributed by atoms with van der Waals surface area (Å²) in [6, 6.07) is 17.1. The summed E-state index contributed by atoms with van der Waals surface area (Å²) in [5.41, 5.74) is 0.805. The van der Waals surface area contributed by atoms with E-state index in [1.165, 1.54) is 12.8 Å². The number of amides is 1. The van der Waals surface area contributed by atoms with Crippen molar-refractivity contribution in [2.24, 2.45) is 5.92 Å². The van der Waals surface area contributed by atoms with Gasteiger partial charge in [-0.25, -0.2) is 0 Å². The molecule has 6 heteroatoms. The molecule has 28 heavy (non-hydrogen) atoms.